The van der Waals surface area contributed by atoms with E-state index in [-0.39, 0.29) is 5.75 Å². The molecule has 0 heterocycles. The molecule has 0 saturated heterocycles. The number of para-hydroxylation sites is 3. The van der Waals surface area contributed by atoms with Crippen LogP contribution >= 0.6 is 0 Å². The van der Waals surface area contributed by atoms with E-state index in [0.29, 0.717) is 17.0 Å². The summed E-state index contributed by atoms with van der Waals surface area (Å²) in [5.41, 5.74) is 0.844. The average Bonchev–Trinajstić information content (AvgIpc) is 2.46. The predicted molar refractivity (Wildman–Crippen MR) is 75.1 cm³/mol. The van der Waals surface area contributed by atoms with E-state index in [1.165, 1.54) is 13.2 Å². The van der Waals surface area contributed by atoms with E-state index in [4.69, 9.17) is 4.74 Å². The first-order valence-electron chi connectivity index (χ1n) is 6.03. The van der Waals surface area contributed by atoms with Gasteiger partial charge in [-0.1, -0.05) is 30.3 Å². The lowest BCUT2D eigenvalue weighted by atomic mass is 10.1. The van der Waals surface area contributed by atoms with Crippen LogP contribution in [0.15, 0.2) is 48.5 Å². The number of aliphatic carboxylic acids is 1. The van der Waals surface area contributed by atoms with Crippen LogP contribution < -0.4 is 10.1 Å². The number of benzene rings is 2. The van der Waals surface area contributed by atoms with E-state index in [1.807, 2.05) is 0 Å². The van der Waals surface area contributed by atoms with Gasteiger partial charge in [-0.3, -0.25) is 0 Å². The zero-order valence-corrected chi connectivity index (χ0v) is 10.9. The highest BCUT2D eigenvalue weighted by molar-refractivity contribution is 5.81. The third-order valence-corrected chi connectivity index (χ3v) is 2.90. The van der Waals surface area contributed by atoms with Gasteiger partial charge >= 0.3 is 5.97 Å². The van der Waals surface area contributed by atoms with Crippen molar-refractivity contribution in [3.05, 3.63) is 54.1 Å². The summed E-state index contributed by atoms with van der Waals surface area (Å²) in [5, 5.41) is 22.0. The molecule has 0 spiro atoms. The number of aromatic hydroxyl groups is 1. The minimum atomic E-state index is -1.09. The Morgan fingerprint density at radius 2 is 1.80 bits per heavy atom. The van der Waals surface area contributed by atoms with Gasteiger partial charge in [0.25, 0.3) is 0 Å². The maximum atomic E-state index is 11.4. The second-order valence-corrected chi connectivity index (χ2v) is 4.17. The molecule has 0 radical (unpaired) electrons. The summed E-state index contributed by atoms with van der Waals surface area (Å²) in [6.45, 7) is 0. The van der Waals surface area contributed by atoms with Crippen molar-refractivity contribution < 1.29 is 19.7 Å². The number of hydrogen-bond acceptors (Lipinski definition) is 4. The van der Waals surface area contributed by atoms with Crippen LogP contribution in [0.1, 0.15) is 11.6 Å². The number of carboxylic acids is 1. The van der Waals surface area contributed by atoms with E-state index in [0.717, 1.165) is 0 Å². The van der Waals surface area contributed by atoms with Crippen molar-refractivity contribution in [1.29, 1.82) is 0 Å². The molecule has 20 heavy (non-hydrogen) atoms. The van der Waals surface area contributed by atoms with Gasteiger partial charge in [0.2, 0.25) is 0 Å². The molecule has 1 atom stereocenters. The highest BCUT2D eigenvalue weighted by Gasteiger charge is 2.23. The molecule has 104 valence electrons. The van der Waals surface area contributed by atoms with Crippen molar-refractivity contribution in [2.75, 3.05) is 12.4 Å². The fourth-order valence-electron chi connectivity index (χ4n) is 1.92. The van der Waals surface area contributed by atoms with Gasteiger partial charge in [0.15, 0.2) is 6.04 Å². The first-order chi connectivity index (χ1) is 9.63. The molecule has 5 heteroatoms. The third-order valence-electron chi connectivity index (χ3n) is 2.90. The van der Waals surface area contributed by atoms with Gasteiger partial charge in [-0.2, -0.15) is 0 Å². The summed E-state index contributed by atoms with van der Waals surface area (Å²) in [4.78, 5) is 11.4. The van der Waals surface area contributed by atoms with Crippen LogP contribution in [0.25, 0.3) is 0 Å². The van der Waals surface area contributed by atoms with Crippen LogP contribution in [-0.4, -0.2) is 23.3 Å². The molecule has 0 aliphatic rings. The molecule has 2 aromatic carbocycles. The maximum Gasteiger partial charge on any atom is 0.330 e. The Labute approximate surface area is 116 Å². The van der Waals surface area contributed by atoms with Gasteiger partial charge < -0.3 is 20.3 Å². The summed E-state index contributed by atoms with van der Waals surface area (Å²) < 4.78 is 5.17. The molecule has 0 amide bonds. The minimum absolute atomic E-state index is 0.0673. The van der Waals surface area contributed by atoms with E-state index in [9.17, 15) is 15.0 Å². The molecule has 0 aliphatic carbocycles. The van der Waals surface area contributed by atoms with E-state index in [2.05, 4.69) is 5.32 Å². The Bertz CT molecular complexity index is 612. The molecule has 3 N–H and O–H groups in total. The zero-order chi connectivity index (χ0) is 14.5. The number of ether oxygens (including phenoxy) is 1. The van der Waals surface area contributed by atoms with Crippen molar-refractivity contribution >= 4 is 11.7 Å². The minimum Gasteiger partial charge on any atom is -0.508 e. The highest BCUT2D eigenvalue weighted by Crippen LogP contribution is 2.31. The molecule has 0 aromatic heterocycles. The van der Waals surface area contributed by atoms with Crippen LogP contribution in [0.4, 0.5) is 5.69 Å². The summed E-state index contributed by atoms with van der Waals surface area (Å²) in [6.07, 6.45) is 0. The fraction of sp³-hybridized carbons (Fsp3) is 0.133. The van der Waals surface area contributed by atoms with Gasteiger partial charge in [-0.25, -0.2) is 4.79 Å². The lowest BCUT2D eigenvalue weighted by Gasteiger charge is -2.18. The molecule has 5 nitrogen and oxygen atoms in total. The van der Waals surface area contributed by atoms with E-state index >= 15 is 0 Å². The van der Waals surface area contributed by atoms with Crippen molar-refractivity contribution in [1.82, 2.24) is 0 Å². The van der Waals surface area contributed by atoms with Crippen LogP contribution in [0.2, 0.25) is 0 Å². The van der Waals surface area contributed by atoms with E-state index < -0.39 is 12.0 Å². The Kier molecular flexibility index (Phi) is 4.10. The molecule has 2 aromatic rings. The predicted octanol–water partition coefficient (Wildman–Crippen LogP) is 2.64. The Morgan fingerprint density at radius 1 is 1.15 bits per heavy atom. The second kappa shape index (κ2) is 5.97. The van der Waals surface area contributed by atoms with E-state index in [1.54, 1.807) is 42.5 Å². The van der Waals surface area contributed by atoms with Crippen LogP contribution in [0.3, 0.4) is 0 Å². The molecule has 0 saturated carbocycles. The van der Waals surface area contributed by atoms with Crippen LogP contribution in [0.5, 0.6) is 11.5 Å². The van der Waals surface area contributed by atoms with Gasteiger partial charge in [0, 0.05) is 5.56 Å². The maximum absolute atomic E-state index is 11.4. The summed E-state index contributed by atoms with van der Waals surface area (Å²) >= 11 is 0. The molecule has 0 bridgehead atoms. The monoisotopic (exact) mass is 273 g/mol. The largest absolute Gasteiger partial charge is 0.508 e. The summed E-state index contributed by atoms with van der Waals surface area (Å²) in [7, 11) is 1.51. The number of anilines is 1. The van der Waals surface area contributed by atoms with Crippen LogP contribution in [0, 0.1) is 0 Å². The van der Waals surface area contributed by atoms with Crippen LogP contribution in [-0.2, 0) is 4.79 Å². The second-order valence-electron chi connectivity index (χ2n) is 4.17. The first-order valence-corrected chi connectivity index (χ1v) is 6.03. The van der Waals surface area contributed by atoms with Crippen molar-refractivity contribution in [3.8, 4) is 11.5 Å². The SMILES string of the molecule is COc1ccccc1NC(C(=O)O)c1ccccc1O. The number of carbonyl (C=O) groups is 1. The first kappa shape index (κ1) is 13.7. The normalized spacial score (nSPS) is 11.7. The molecular weight excluding hydrogens is 258 g/mol. The lowest BCUT2D eigenvalue weighted by Crippen LogP contribution is -2.20. The quantitative estimate of drug-likeness (QED) is 0.780. The molecular formula is C15H15NO4. The van der Waals surface area contributed by atoms with Gasteiger partial charge in [-0.15, -0.1) is 0 Å². The molecule has 0 aliphatic heterocycles. The van der Waals surface area contributed by atoms with Gasteiger partial charge in [0.1, 0.15) is 11.5 Å². The number of rotatable bonds is 5. The fourth-order valence-corrected chi connectivity index (χ4v) is 1.92. The summed E-state index contributed by atoms with van der Waals surface area (Å²) in [5.74, 6) is -0.617. The number of hydrogen-bond donors (Lipinski definition) is 3. The van der Waals surface area contributed by atoms with Crippen molar-refractivity contribution in [2.45, 2.75) is 6.04 Å². The number of phenols is 1. The lowest BCUT2D eigenvalue weighted by molar-refractivity contribution is -0.138. The van der Waals surface area contributed by atoms with Crippen molar-refractivity contribution in [3.63, 3.8) is 0 Å². The number of nitrogens with one attached hydrogen (secondary N) is 1. The average molecular weight is 273 g/mol. The number of methoxy groups -OCH3 is 1. The number of carboxylic acid groups (broad SMARTS) is 1. The topological polar surface area (TPSA) is 78.8 Å². The smallest absolute Gasteiger partial charge is 0.330 e. The zero-order valence-electron chi connectivity index (χ0n) is 10.9. The Hall–Kier alpha value is -2.69. The molecule has 1 unspecified atom stereocenters. The number of phenolic OH excluding ortho intramolecular Hbond substituents is 1. The Balaban J connectivity index is 2.36. The summed E-state index contributed by atoms with van der Waals surface area (Å²) in [6, 6.07) is 12.3. The highest BCUT2D eigenvalue weighted by atomic mass is 16.5. The molecule has 2 rings (SSSR count). The Morgan fingerprint density at radius 3 is 2.45 bits per heavy atom. The van der Waals surface area contributed by atoms with Gasteiger partial charge in [0.05, 0.1) is 12.8 Å². The molecule has 0 fully saturated rings. The third kappa shape index (κ3) is 2.83. The standard InChI is InChI=1S/C15H15NO4/c1-20-13-9-5-3-7-11(13)16-14(15(18)19)10-6-2-4-8-12(10)17/h2-9,14,16-17H,1H3,(H,18,19). The van der Waals surface area contributed by atoms with Gasteiger partial charge in [-0.05, 0) is 18.2 Å². The van der Waals surface area contributed by atoms with Crippen molar-refractivity contribution in [2.24, 2.45) is 0 Å².